The Morgan fingerprint density at radius 3 is 2.51 bits per heavy atom. The molecule has 0 aliphatic carbocycles. The summed E-state index contributed by atoms with van der Waals surface area (Å²) in [4.78, 5) is 16.1. The van der Waals surface area contributed by atoms with Crippen LogP contribution in [0.2, 0.25) is 5.02 Å². The van der Waals surface area contributed by atoms with E-state index in [0.717, 1.165) is 16.7 Å². The van der Waals surface area contributed by atoms with Crippen molar-refractivity contribution in [1.29, 1.82) is 0 Å². The summed E-state index contributed by atoms with van der Waals surface area (Å²) >= 11 is 5.81. The van der Waals surface area contributed by atoms with Gasteiger partial charge in [-0.25, -0.2) is 5.43 Å². The molecule has 0 saturated carbocycles. The molecule has 0 bridgehead atoms. The summed E-state index contributed by atoms with van der Waals surface area (Å²) in [6.45, 7) is 0.449. The molecule has 0 spiro atoms. The number of aromatic nitrogens is 1. The van der Waals surface area contributed by atoms with E-state index in [1.165, 1.54) is 24.4 Å². The lowest BCUT2D eigenvalue weighted by Gasteiger charge is -2.02. The lowest BCUT2D eigenvalue weighted by Crippen LogP contribution is -2.17. The smallest absolute Gasteiger partial charge is 0.298 e. The Labute approximate surface area is 206 Å². The van der Waals surface area contributed by atoms with Gasteiger partial charge < -0.3 is 19.9 Å². The van der Waals surface area contributed by atoms with Crippen molar-refractivity contribution in [3.63, 3.8) is 0 Å². The van der Waals surface area contributed by atoms with Crippen LogP contribution in [0.15, 0.2) is 88.4 Å². The standard InChI is InChI=1S/C26H21ClN4O4/c27-21-15-20(12-13-22(21)32)24(33)31-29-16-18-10-8-17(9-11-18)5-4-14-28-26-30-25(34)23(35-26)19-6-2-1-3-7-19/h1-13,15-16,32,34H,14H2,(H,28,30)(H,31,33). The first-order chi connectivity index (χ1) is 17.0. The van der Waals surface area contributed by atoms with Gasteiger partial charge >= 0.3 is 0 Å². The number of phenolic OH excluding ortho intramolecular Hbond substituents is 1. The Balaban J connectivity index is 1.26. The van der Waals surface area contributed by atoms with Gasteiger partial charge in [0.25, 0.3) is 17.8 Å². The fourth-order valence-electron chi connectivity index (χ4n) is 3.08. The van der Waals surface area contributed by atoms with E-state index in [2.05, 4.69) is 20.8 Å². The molecule has 0 unspecified atom stereocenters. The number of hydrogen-bond donors (Lipinski definition) is 4. The summed E-state index contributed by atoms with van der Waals surface area (Å²) in [5.74, 6) is -0.378. The van der Waals surface area contributed by atoms with Crippen LogP contribution >= 0.6 is 11.6 Å². The number of amides is 1. The molecular formula is C26H21ClN4O4. The second-order valence-electron chi connectivity index (χ2n) is 7.35. The molecule has 1 aromatic heterocycles. The number of carbonyl (C=O) groups excluding carboxylic acids is 1. The van der Waals surface area contributed by atoms with Gasteiger partial charge in [-0.2, -0.15) is 10.1 Å². The third kappa shape index (κ3) is 6.27. The lowest BCUT2D eigenvalue weighted by atomic mass is 10.1. The van der Waals surface area contributed by atoms with E-state index >= 15 is 0 Å². The number of nitrogens with one attached hydrogen (secondary N) is 2. The molecule has 0 radical (unpaired) electrons. The van der Waals surface area contributed by atoms with Crippen molar-refractivity contribution in [3.05, 3.63) is 101 Å². The van der Waals surface area contributed by atoms with E-state index in [0.29, 0.717) is 12.3 Å². The molecule has 0 aliphatic rings. The lowest BCUT2D eigenvalue weighted by molar-refractivity contribution is 0.0955. The van der Waals surface area contributed by atoms with Gasteiger partial charge in [-0.05, 0) is 29.3 Å². The first kappa shape index (κ1) is 23.6. The topological polar surface area (TPSA) is 120 Å². The van der Waals surface area contributed by atoms with Gasteiger partial charge in [-0.3, -0.25) is 4.79 Å². The van der Waals surface area contributed by atoms with Crippen LogP contribution in [0.25, 0.3) is 17.4 Å². The summed E-state index contributed by atoms with van der Waals surface area (Å²) in [6.07, 6.45) is 5.34. The highest BCUT2D eigenvalue weighted by atomic mass is 35.5. The van der Waals surface area contributed by atoms with Crippen molar-refractivity contribution < 1.29 is 19.4 Å². The zero-order valence-electron chi connectivity index (χ0n) is 18.4. The molecular weight excluding hydrogens is 468 g/mol. The highest BCUT2D eigenvalue weighted by Gasteiger charge is 2.13. The number of benzene rings is 3. The zero-order valence-corrected chi connectivity index (χ0v) is 19.1. The number of oxazole rings is 1. The van der Waals surface area contributed by atoms with Crippen molar-refractivity contribution in [2.24, 2.45) is 5.10 Å². The van der Waals surface area contributed by atoms with E-state index in [9.17, 15) is 15.0 Å². The van der Waals surface area contributed by atoms with Crippen LogP contribution in [-0.2, 0) is 0 Å². The molecule has 1 heterocycles. The Hall–Kier alpha value is -4.56. The summed E-state index contributed by atoms with van der Waals surface area (Å²) in [5.41, 5.74) is 5.21. The van der Waals surface area contributed by atoms with Gasteiger partial charge in [0.1, 0.15) is 5.75 Å². The summed E-state index contributed by atoms with van der Waals surface area (Å²) < 4.78 is 5.59. The molecule has 35 heavy (non-hydrogen) atoms. The molecule has 3 aromatic carbocycles. The van der Waals surface area contributed by atoms with E-state index in [1.807, 2.05) is 66.7 Å². The molecule has 0 fully saturated rings. The van der Waals surface area contributed by atoms with Crippen molar-refractivity contribution in [3.8, 4) is 23.0 Å². The first-order valence-corrected chi connectivity index (χ1v) is 10.9. The van der Waals surface area contributed by atoms with E-state index < -0.39 is 5.91 Å². The molecule has 8 nitrogen and oxygen atoms in total. The fourth-order valence-corrected chi connectivity index (χ4v) is 3.26. The Morgan fingerprint density at radius 1 is 1.03 bits per heavy atom. The minimum absolute atomic E-state index is 0.0919. The third-order valence-electron chi connectivity index (χ3n) is 4.85. The van der Waals surface area contributed by atoms with Crippen molar-refractivity contribution >= 4 is 35.8 Å². The predicted octanol–water partition coefficient (Wildman–Crippen LogP) is 5.30. The van der Waals surface area contributed by atoms with Gasteiger partial charge in [0.15, 0.2) is 5.76 Å². The van der Waals surface area contributed by atoms with E-state index in [1.54, 1.807) is 0 Å². The number of nitrogens with zero attached hydrogens (tertiary/aromatic N) is 2. The van der Waals surface area contributed by atoms with Gasteiger partial charge in [0.05, 0.1) is 11.2 Å². The number of carbonyl (C=O) groups is 1. The number of hydrazone groups is 1. The zero-order chi connectivity index (χ0) is 24.6. The van der Waals surface area contributed by atoms with Crippen LogP contribution in [0.5, 0.6) is 11.6 Å². The minimum Gasteiger partial charge on any atom is -0.506 e. The summed E-state index contributed by atoms with van der Waals surface area (Å²) in [5, 5.41) is 26.5. The van der Waals surface area contributed by atoms with Gasteiger partial charge in [-0.15, -0.1) is 0 Å². The van der Waals surface area contributed by atoms with Crippen LogP contribution in [-0.4, -0.2) is 33.9 Å². The maximum atomic E-state index is 12.1. The number of rotatable bonds is 8. The van der Waals surface area contributed by atoms with E-state index in [4.69, 9.17) is 16.0 Å². The number of hydrogen-bond acceptors (Lipinski definition) is 7. The number of phenols is 1. The van der Waals surface area contributed by atoms with Crippen LogP contribution in [0.1, 0.15) is 21.5 Å². The van der Waals surface area contributed by atoms with Gasteiger partial charge in [0, 0.05) is 17.7 Å². The largest absolute Gasteiger partial charge is 0.506 e. The predicted molar refractivity (Wildman–Crippen MR) is 136 cm³/mol. The average Bonchev–Trinajstić information content (AvgIpc) is 3.25. The first-order valence-electron chi connectivity index (χ1n) is 10.6. The van der Waals surface area contributed by atoms with Gasteiger partial charge in [-0.1, -0.05) is 78.4 Å². The number of anilines is 1. The molecule has 0 aliphatic heterocycles. The highest BCUT2D eigenvalue weighted by molar-refractivity contribution is 6.32. The molecule has 1 amide bonds. The molecule has 0 saturated heterocycles. The van der Waals surface area contributed by atoms with Gasteiger partial charge in [0.2, 0.25) is 0 Å². The number of halogens is 1. The summed E-state index contributed by atoms with van der Waals surface area (Å²) in [7, 11) is 0. The Bertz CT molecular complexity index is 1370. The van der Waals surface area contributed by atoms with Crippen LogP contribution in [0, 0.1) is 0 Å². The second-order valence-corrected chi connectivity index (χ2v) is 7.76. The van der Waals surface area contributed by atoms with Crippen molar-refractivity contribution in [1.82, 2.24) is 10.4 Å². The Morgan fingerprint density at radius 2 is 1.77 bits per heavy atom. The Kier molecular flexibility index (Phi) is 7.44. The minimum atomic E-state index is -0.439. The van der Waals surface area contributed by atoms with E-state index in [-0.39, 0.29) is 28.2 Å². The molecule has 4 rings (SSSR count). The monoisotopic (exact) mass is 488 g/mol. The van der Waals surface area contributed by atoms with Crippen molar-refractivity contribution in [2.45, 2.75) is 0 Å². The fraction of sp³-hybridized carbons (Fsp3) is 0.0385. The second kappa shape index (κ2) is 11.0. The quantitative estimate of drug-likeness (QED) is 0.197. The molecule has 9 heteroatoms. The molecule has 4 aromatic rings. The number of aromatic hydroxyl groups is 2. The van der Waals surface area contributed by atoms with Crippen LogP contribution < -0.4 is 10.7 Å². The maximum absolute atomic E-state index is 12.1. The molecule has 4 N–H and O–H groups in total. The molecule has 0 atom stereocenters. The normalized spacial score (nSPS) is 11.2. The maximum Gasteiger partial charge on any atom is 0.298 e. The highest BCUT2D eigenvalue weighted by Crippen LogP contribution is 2.31. The van der Waals surface area contributed by atoms with Crippen molar-refractivity contribution in [2.75, 3.05) is 11.9 Å². The summed E-state index contributed by atoms with van der Waals surface area (Å²) in [6, 6.07) is 21.2. The third-order valence-corrected chi connectivity index (χ3v) is 5.16. The SMILES string of the molecule is O=C(NN=Cc1ccc(C=CCNc2nc(O)c(-c3ccccc3)o2)cc1)c1ccc(O)c(Cl)c1. The van der Waals surface area contributed by atoms with Crippen LogP contribution in [0.4, 0.5) is 6.01 Å². The molecule has 176 valence electrons. The average molecular weight is 489 g/mol. The van der Waals surface area contributed by atoms with Crippen LogP contribution in [0.3, 0.4) is 0 Å².